The van der Waals surface area contributed by atoms with Crippen LogP contribution in [0.4, 0.5) is 0 Å². The van der Waals surface area contributed by atoms with Crippen molar-refractivity contribution in [2.45, 2.75) is 59.3 Å². The van der Waals surface area contributed by atoms with Gasteiger partial charge in [-0.2, -0.15) is 0 Å². The Bertz CT molecular complexity index is 1850. The molecule has 0 saturated heterocycles. The summed E-state index contributed by atoms with van der Waals surface area (Å²) in [6, 6.07) is 30.6. The number of fused-ring (bicyclic) bond motifs is 1. The summed E-state index contributed by atoms with van der Waals surface area (Å²) in [5.41, 5.74) is 14.0. The monoisotopic (exact) mass is 658 g/mol. The van der Waals surface area contributed by atoms with Gasteiger partial charge in [-0.1, -0.05) is 97.9 Å². The highest BCUT2D eigenvalue weighted by Crippen LogP contribution is 2.45. The second-order valence-electron chi connectivity index (χ2n) is 12.8. The lowest BCUT2D eigenvalue weighted by atomic mass is 9.91. The van der Waals surface area contributed by atoms with Crippen LogP contribution in [0.3, 0.4) is 0 Å². The van der Waals surface area contributed by atoms with E-state index < -0.39 is 0 Å². The lowest BCUT2D eigenvalue weighted by Gasteiger charge is -2.29. The fourth-order valence-electron chi connectivity index (χ4n) is 6.34. The third-order valence-electron chi connectivity index (χ3n) is 8.96. The number of rotatable bonds is 14. The predicted octanol–water partition coefficient (Wildman–Crippen LogP) is 7.75. The molecule has 2 heterocycles. The number of carbonyl (C=O) groups is 1. The Kier molecular flexibility index (Phi) is 11.1. The van der Waals surface area contributed by atoms with E-state index in [4.69, 9.17) is 19.7 Å². The first kappa shape index (κ1) is 34.0. The van der Waals surface area contributed by atoms with Gasteiger partial charge in [-0.25, -0.2) is 0 Å². The van der Waals surface area contributed by atoms with Crippen molar-refractivity contribution in [3.05, 3.63) is 125 Å². The second-order valence-corrected chi connectivity index (χ2v) is 12.8. The van der Waals surface area contributed by atoms with Gasteiger partial charge in [0.15, 0.2) is 11.5 Å². The SMILES string of the molecule is CCNC(=O)c1noc(-c2cc(C(C)C)c(OCc3ccccc3)cc2OCc2ccccc2)c1-c1ccc2c(c1)CCN(CCCN)C2. The van der Waals surface area contributed by atoms with Crippen molar-refractivity contribution in [1.82, 2.24) is 15.4 Å². The van der Waals surface area contributed by atoms with Crippen LogP contribution in [0.2, 0.25) is 0 Å². The van der Waals surface area contributed by atoms with Crippen LogP contribution >= 0.6 is 0 Å². The van der Waals surface area contributed by atoms with E-state index in [0.29, 0.717) is 43.4 Å². The van der Waals surface area contributed by atoms with Crippen LogP contribution in [0.15, 0.2) is 95.5 Å². The molecule has 0 radical (unpaired) electrons. The summed E-state index contributed by atoms with van der Waals surface area (Å²) in [6.07, 6.45) is 1.90. The Morgan fingerprint density at radius 1 is 0.918 bits per heavy atom. The molecule has 0 aliphatic carbocycles. The molecule has 254 valence electrons. The highest BCUT2D eigenvalue weighted by atomic mass is 16.5. The molecule has 1 aliphatic rings. The minimum atomic E-state index is -0.281. The topological polar surface area (TPSA) is 103 Å². The van der Waals surface area contributed by atoms with Crippen molar-refractivity contribution in [1.29, 1.82) is 0 Å². The molecule has 8 heteroatoms. The van der Waals surface area contributed by atoms with Gasteiger partial charge in [0.25, 0.3) is 5.91 Å². The summed E-state index contributed by atoms with van der Waals surface area (Å²) < 4.78 is 19.2. The van der Waals surface area contributed by atoms with Crippen LogP contribution < -0.4 is 20.5 Å². The minimum absolute atomic E-state index is 0.132. The molecule has 4 aromatic carbocycles. The van der Waals surface area contributed by atoms with Crippen molar-refractivity contribution in [3.63, 3.8) is 0 Å². The molecule has 1 aromatic heterocycles. The van der Waals surface area contributed by atoms with Crippen LogP contribution in [-0.2, 0) is 26.2 Å². The quantitative estimate of drug-likeness (QED) is 0.126. The normalized spacial score (nSPS) is 12.9. The van der Waals surface area contributed by atoms with Crippen molar-refractivity contribution in [2.75, 3.05) is 26.2 Å². The summed E-state index contributed by atoms with van der Waals surface area (Å²) in [7, 11) is 0. The summed E-state index contributed by atoms with van der Waals surface area (Å²) >= 11 is 0. The maximum absolute atomic E-state index is 13.5. The average Bonchev–Trinajstić information content (AvgIpc) is 3.58. The van der Waals surface area contributed by atoms with Gasteiger partial charge < -0.3 is 25.0 Å². The first-order chi connectivity index (χ1) is 23.9. The molecule has 0 atom stereocenters. The standard InChI is InChI=1S/C41H46N4O4/c1-4-43-41(46)39-38(32-16-17-33-25-45(20-11-19-42)21-18-31(33)22-32)40(49-44-39)35-23-34(28(2)3)36(47-26-29-12-7-5-8-13-29)24-37(35)48-27-30-14-9-6-10-15-30/h5-10,12-17,22-24,28H,4,11,18-21,25-27,42H2,1-3H3,(H,43,46). The van der Waals surface area contributed by atoms with Gasteiger partial charge in [-0.15, -0.1) is 0 Å². The van der Waals surface area contributed by atoms with Gasteiger partial charge in [-0.3, -0.25) is 9.69 Å². The van der Waals surface area contributed by atoms with Crippen molar-refractivity contribution < 1.29 is 18.8 Å². The molecule has 1 aliphatic heterocycles. The molecule has 0 fully saturated rings. The number of aromatic nitrogens is 1. The molecule has 8 nitrogen and oxygen atoms in total. The maximum atomic E-state index is 13.5. The number of nitrogens with zero attached hydrogens (tertiary/aromatic N) is 2. The summed E-state index contributed by atoms with van der Waals surface area (Å²) in [4.78, 5) is 15.9. The molecule has 0 unspecified atom stereocenters. The van der Waals surface area contributed by atoms with Crippen LogP contribution in [0, 0.1) is 0 Å². The average molecular weight is 659 g/mol. The first-order valence-electron chi connectivity index (χ1n) is 17.3. The molecule has 0 spiro atoms. The molecular weight excluding hydrogens is 612 g/mol. The van der Waals surface area contributed by atoms with E-state index in [1.165, 1.54) is 11.1 Å². The largest absolute Gasteiger partial charge is 0.488 e. The van der Waals surface area contributed by atoms with Crippen molar-refractivity contribution in [3.8, 4) is 33.9 Å². The Morgan fingerprint density at radius 3 is 2.27 bits per heavy atom. The van der Waals surface area contributed by atoms with E-state index >= 15 is 0 Å². The van der Waals surface area contributed by atoms with E-state index in [9.17, 15) is 4.79 Å². The number of carbonyl (C=O) groups excluding carboxylic acids is 1. The number of ether oxygens (including phenoxy) is 2. The van der Waals surface area contributed by atoms with E-state index in [1.54, 1.807) is 0 Å². The molecule has 5 aromatic rings. The zero-order valence-corrected chi connectivity index (χ0v) is 28.7. The fourth-order valence-corrected chi connectivity index (χ4v) is 6.34. The Morgan fingerprint density at radius 2 is 1.61 bits per heavy atom. The summed E-state index contributed by atoms with van der Waals surface area (Å²) in [5, 5.41) is 7.31. The highest BCUT2D eigenvalue weighted by Gasteiger charge is 2.29. The Labute approximate surface area is 289 Å². The lowest BCUT2D eigenvalue weighted by Crippen LogP contribution is -2.32. The third-order valence-corrected chi connectivity index (χ3v) is 8.96. The number of amides is 1. The zero-order chi connectivity index (χ0) is 34.2. The maximum Gasteiger partial charge on any atom is 0.274 e. The molecule has 49 heavy (non-hydrogen) atoms. The molecule has 6 rings (SSSR count). The molecular formula is C41H46N4O4. The Balaban J connectivity index is 1.45. The number of nitrogens with one attached hydrogen (secondary N) is 1. The number of hydrogen-bond acceptors (Lipinski definition) is 7. The fraction of sp³-hybridized carbons (Fsp3) is 0.317. The van der Waals surface area contributed by atoms with Gasteiger partial charge >= 0.3 is 0 Å². The van der Waals surface area contributed by atoms with E-state index in [0.717, 1.165) is 66.0 Å². The molecule has 1 amide bonds. The zero-order valence-electron chi connectivity index (χ0n) is 28.7. The van der Waals surface area contributed by atoms with Crippen LogP contribution in [0.25, 0.3) is 22.5 Å². The van der Waals surface area contributed by atoms with Crippen molar-refractivity contribution in [2.24, 2.45) is 5.73 Å². The summed E-state index contributed by atoms with van der Waals surface area (Å²) in [5.74, 6) is 1.67. The van der Waals surface area contributed by atoms with E-state index in [2.05, 4.69) is 65.6 Å². The van der Waals surface area contributed by atoms with Gasteiger partial charge in [0.1, 0.15) is 24.7 Å². The van der Waals surface area contributed by atoms with E-state index in [-0.39, 0.29) is 17.5 Å². The van der Waals surface area contributed by atoms with Crippen molar-refractivity contribution >= 4 is 5.91 Å². The third kappa shape index (κ3) is 8.04. The second kappa shape index (κ2) is 16.0. The van der Waals surface area contributed by atoms with E-state index in [1.807, 2.05) is 61.5 Å². The van der Waals surface area contributed by atoms with Gasteiger partial charge in [0.2, 0.25) is 0 Å². The minimum Gasteiger partial charge on any atom is -0.488 e. The molecule has 3 N–H and O–H groups in total. The molecule has 0 bridgehead atoms. The Hall–Kier alpha value is -4.92. The van der Waals surface area contributed by atoms with Gasteiger partial charge in [0.05, 0.1) is 11.1 Å². The highest BCUT2D eigenvalue weighted by molar-refractivity contribution is 6.02. The number of benzene rings is 4. The van der Waals surface area contributed by atoms with Crippen LogP contribution in [0.5, 0.6) is 11.5 Å². The smallest absolute Gasteiger partial charge is 0.274 e. The summed E-state index contributed by atoms with van der Waals surface area (Å²) in [6.45, 7) is 10.9. The van der Waals surface area contributed by atoms with Crippen LogP contribution in [-0.4, -0.2) is 42.1 Å². The van der Waals surface area contributed by atoms with Gasteiger partial charge in [0, 0.05) is 25.7 Å². The van der Waals surface area contributed by atoms with Crippen LogP contribution in [0.1, 0.15) is 71.4 Å². The molecule has 0 saturated carbocycles. The van der Waals surface area contributed by atoms with Gasteiger partial charge in [-0.05, 0) is 78.2 Å². The predicted molar refractivity (Wildman–Crippen MR) is 194 cm³/mol. The number of nitrogens with two attached hydrogens (primary N) is 1. The lowest BCUT2D eigenvalue weighted by molar-refractivity contribution is 0.0947. The number of hydrogen-bond donors (Lipinski definition) is 2. The first-order valence-corrected chi connectivity index (χ1v) is 17.3.